The van der Waals surface area contributed by atoms with E-state index in [1.165, 1.54) is 13.8 Å². The summed E-state index contributed by atoms with van der Waals surface area (Å²) >= 11 is 0. The molecule has 0 radical (unpaired) electrons. The maximum absolute atomic E-state index is 14.7. The first-order valence-corrected chi connectivity index (χ1v) is 26.5. The fraction of sp³-hybridized carbons (Fsp3) is 0.528. The van der Waals surface area contributed by atoms with E-state index in [9.17, 15) is 39.3 Å². The number of aliphatic hydroxyl groups excluding tert-OH is 2. The average Bonchev–Trinajstić information content (AvgIpc) is 3.33. The van der Waals surface area contributed by atoms with Gasteiger partial charge < -0.3 is 48.7 Å². The van der Waals surface area contributed by atoms with Crippen molar-refractivity contribution in [1.29, 1.82) is 0 Å². The van der Waals surface area contributed by atoms with E-state index in [4.69, 9.17) is 28.1 Å². The number of fused-ring (bicyclic) bond motifs is 5. The van der Waals surface area contributed by atoms with Crippen LogP contribution in [-0.2, 0) is 42.5 Å². The van der Waals surface area contributed by atoms with Crippen LogP contribution in [0.3, 0.4) is 0 Å². The van der Waals surface area contributed by atoms with Crippen molar-refractivity contribution in [2.75, 3.05) is 6.61 Å². The lowest BCUT2D eigenvalue weighted by Gasteiger charge is -2.70. The highest BCUT2D eigenvalue weighted by atomic mass is 28.4. The van der Waals surface area contributed by atoms with Crippen molar-refractivity contribution in [1.82, 2.24) is 5.32 Å². The number of nitrogens with one attached hydrogen (secondary N) is 1. The molecule has 15 nitrogen and oxygen atoms in total. The first-order valence-electron chi connectivity index (χ1n) is 24.0. The molecule has 2 saturated carbocycles. The Morgan fingerprint density at radius 1 is 0.812 bits per heavy atom. The van der Waals surface area contributed by atoms with E-state index < -0.39 is 121 Å². The minimum Gasteiger partial charge on any atom is -0.456 e. The van der Waals surface area contributed by atoms with Gasteiger partial charge in [-0.1, -0.05) is 108 Å². The summed E-state index contributed by atoms with van der Waals surface area (Å²) in [7, 11) is -2.60. The highest BCUT2D eigenvalue weighted by molar-refractivity contribution is 6.73. The molecule has 4 aliphatic rings. The highest BCUT2D eigenvalue weighted by Gasteiger charge is 2.78. The van der Waals surface area contributed by atoms with Crippen LogP contribution in [0.25, 0.3) is 0 Å². The van der Waals surface area contributed by atoms with Crippen molar-refractivity contribution < 1.29 is 67.4 Å². The van der Waals surface area contributed by atoms with Crippen molar-refractivity contribution >= 4 is 38.1 Å². The zero-order chi connectivity index (χ0) is 50.3. The number of hydrogen-bond acceptors (Lipinski definition) is 14. The van der Waals surface area contributed by atoms with Crippen LogP contribution in [-0.4, -0.2) is 114 Å². The van der Waals surface area contributed by atoms with Crippen LogP contribution < -0.4 is 5.32 Å². The molecule has 1 aliphatic heterocycles. The monoisotopic (exact) mass is 969 g/mol. The van der Waals surface area contributed by atoms with Crippen molar-refractivity contribution in [3.8, 4) is 0 Å². The van der Waals surface area contributed by atoms with Crippen molar-refractivity contribution in [2.24, 2.45) is 16.7 Å². The number of benzene rings is 3. The molecule has 0 aromatic heterocycles. The second-order valence-corrected chi connectivity index (χ2v) is 24.6. The van der Waals surface area contributed by atoms with Gasteiger partial charge in [-0.25, -0.2) is 9.59 Å². The third-order valence-corrected chi connectivity index (χ3v) is 20.7. The Bertz CT molecular complexity index is 2400. The smallest absolute Gasteiger partial charge is 0.338 e. The van der Waals surface area contributed by atoms with Gasteiger partial charge in [-0.2, -0.15) is 0 Å². The fourth-order valence-corrected chi connectivity index (χ4v) is 14.8. The normalized spacial score (nSPS) is 31.2. The second kappa shape index (κ2) is 19.9. The lowest BCUT2D eigenvalue weighted by molar-refractivity contribution is -0.363. The summed E-state index contributed by atoms with van der Waals surface area (Å²) in [6, 6.07) is 25.7. The molecule has 12 atom stereocenters. The molecule has 3 unspecified atom stereocenters. The third kappa shape index (κ3) is 9.08. The first kappa shape index (κ1) is 51.6. The molecule has 3 aromatic rings. The predicted molar refractivity (Wildman–Crippen MR) is 255 cm³/mol. The summed E-state index contributed by atoms with van der Waals surface area (Å²) in [6.45, 7) is 15.2. The molecule has 16 heteroatoms. The van der Waals surface area contributed by atoms with Crippen molar-refractivity contribution in [2.45, 2.75) is 153 Å². The molecule has 372 valence electrons. The number of carbonyl (C=O) groups is 5. The number of rotatable bonds is 15. The van der Waals surface area contributed by atoms with E-state index in [1.54, 1.807) is 119 Å². The molecule has 3 fully saturated rings. The van der Waals surface area contributed by atoms with Crippen LogP contribution in [0.5, 0.6) is 0 Å². The van der Waals surface area contributed by atoms with Crippen LogP contribution in [0.1, 0.15) is 107 Å². The minimum atomic E-state index is -2.60. The van der Waals surface area contributed by atoms with E-state index in [2.05, 4.69) is 26.1 Å². The van der Waals surface area contributed by atoms with Gasteiger partial charge in [-0.3, -0.25) is 14.4 Å². The van der Waals surface area contributed by atoms with Gasteiger partial charge in [0.05, 0.1) is 30.2 Å². The van der Waals surface area contributed by atoms with Gasteiger partial charge in [0, 0.05) is 43.1 Å². The molecule has 2 bridgehead atoms. The summed E-state index contributed by atoms with van der Waals surface area (Å²) in [6.07, 6.45) is -10.4. The highest BCUT2D eigenvalue weighted by Crippen LogP contribution is 2.66. The van der Waals surface area contributed by atoms with Gasteiger partial charge in [0.25, 0.3) is 5.91 Å². The van der Waals surface area contributed by atoms with Crippen LogP contribution in [0, 0.1) is 16.7 Å². The lowest BCUT2D eigenvalue weighted by Crippen LogP contribution is -2.83. The zero-order valence-corrected chi connectivity index (χ0v) is 41.9. The maximum atomic E-state index is 14.7. The summed E-state index contributed by atoms with van der Waals surface area (Å²) in [4.78, 5) is 69.7. The molecular formula is C53H67NO14Si. The van der Waals surface area contributed by atoms with Crippen LogP contribution in [0.2, 0.25) is 18.1 Å². The molecule has 1 amide bonds. The summed E-state index contributed by atoms with van der Waals surface area (Å²) in [5.74, 6) is -5.37. The molecule has 4 N–H and O–H groups in total. The molecular weight excluding hydrogens is 903 g/mol. The van der Waals surface area contributed by atoms with Crippen molar-refractivity contribution in [3.63, 3.8) is 0 Å². The zero-order valence-electron chi connectivity index (χ0n) is 40.9. The largest absolute Gasteiger partial charge is 0.456 e. The fourth-order valence-electron chi connectivity index (χ4n) is 11.9. The van der Waals surface area contributed by atoms with Gasteiger partial charge in [-0.05, 0) is 66.0 Å². The summed E-state index contributed by atoms with van der Waals surface area (Å²) in [5, 5.41) is 42.4. The van der Waals surface area contributed by atoms with Gasteiger partial charge in [0.1, 0.15) is 30.0 Å². The molecule has 69 heavy (non-hydrogen) atoms. The Morgan fingerprint density at radius 3 is 1.90 bits per heavy atom. The molecule has 3 aliphatic carbocycles. The first-order chi connectivity index (χ1) is 32.6. The number of amides is 1. The minimum absolute atomic E-state index is 0.138. The van der Waals surface area contributed by atoms with E-state index in [0.29, 0.717) is 11.1 Å². The molecule has 0 spiro atoms. The number of ether oxygens (including phenoxy) is 5. The number of esters is 4. The van der Waals surface area contributed by atoms with Crippen LogP contribution in [0.4, 0.5) is 0 Å². The van der Waals surface area contributed by atoms with Gasteiger partial charge in [0.15, 0.2) is 26.1 Å². The third-order valence-electron chi connectivity index (χ3n) is 16.0. The van der Waals surface area contributed by atoms with Gasteiger partial charge in [-0.15, -0.1) is 0 Å². The van der Waals surface area contributed by atoms with E-state index in [1.807, 2.05) is 0 Å². The Morgan fingerprint density at radius 2 is 1.38 bits per heavy atom. The Kier molecular flexibility index (Phi) is 14.9. The SMILES string of the molecule is CC[Si](CC)(CC)OC1CC2OC[C@@]2(OC(C)=O)[C@H]2[C@H](OC(=O)c3ccccc3)[C@]3(O)C[C@H](OC(=O)[C@H](O)[C@@H](NC(=O)c4ccccc4)c4ccccc4)C(C)=C([C@H](OC(C)=O)[C@H](O)C12C)C3(C)C. The Hall–Kier alpha value is -5.23. The Balaban J connectivity index is 1.44. The summed E-state index contributed by atoms with van der Waals surface area (Å²) < 4.78 is 39.2. The second-order valence-electron chi connectivity index (χ2n) is 19.9. The quantitative estimate of drug-likeness (QED) is 0.0550. The lowest BCUT2D eigenvalue weighted by atomic mass is 9.44. The summed E-state index contributed by atoms with van der Waals surface area (Å²) in [5.41, 5.74) is -5.88. The van der Waals surface area contributed by atoms with E-state index in [0.717, 1.165) is 18.1 Å². The number of carbonyl (C=O) groups excluding carboxylic acids is 5. The molecule has 3 aromatic carbocycles. The van der Waals surface area contributed by atoms with Crippen LogP contribution in [0.15, 0.2) is 102 Å². The number of hydrogen-bond donors (Lipinski definition) is 4. The maximum Gasteiger partial charge on any atom is 0.338 e. The Labute approximate surface area is 405 Å². The van der Waals surface area contributed by atoms with E-state index in [-0.39, 0.29) is 29.7 Å². The van der Waals surface area contributed by atoms with Gasteiger partial charge in [0.2, 0.25) is 0 Å². The molecule has 1 heterocycles. The number of aliphatic hydroxyl groups is 3. The van der Waals surface area contributed by atoms with Gasteiger partial charge >= 0.3 is 23.9 Å². The predicted octanol–water partition coefficient (Wildman–Crippen LogP) is 6.56. The molecule has 1 saturated heterocycles. The molecule has 7 rings (SSSR count). The van der Waals surface area contributed by atoms with Crippen LogP contribution >= 0.6 is 0 Å². The standard InChI is InChI=1S/C53H67NO14Si/c1-10-69(11-2,12-3)68-38-28-39-52(30-63-39,67-33(6)56)44-46(66-48(60)36-26-20-15-21-27-36)53(62)29-37(31(4)40(50(53,7)8)43(64-32(5)55)45(58)51(38,44)9)65-49(61)42(57)41(34-22-16-13-17-23-34)54-47(59)35-24-18-14-19-25-35/h13-27,37-39,41-46,57-58,62H,10-12,28-30H2,1-9H3,(H,54,59)/t37-,38?,39?,41-,42+,43-,44-,45-,46-,51?,52-,53+/m0/s1. The topological polar surface area (TPSA) is 213 Å². The average molecular weight is 970 g/mol. The van der Waals surface area contributed by atoms with E-state index >= 15 is 0 Å². The van der Waals surface area contributed by atoms with Crippen molar-refractivity contribution in [3.05, 3.63) is 119 Å².